The maximum absolute atomic E-state index is 3.75. The number of hydrogen-bond donors (Lipinski definition) is 1. The first kappa shape index (κ1) is 9.51. The minimum absolute atomic E-state index is 0.568. The van der Waals surface area contributed by atoms with E-state index in [1.165, 1.54) is 32.2 Å². The van der Waals surface area contributed by atoms with Gasteiger partial charge in [0.1, 0.15) is 0 Å². The van der Waals surface area contributed by atoms with Gasteiger partial charge in [-0.3, -0.25) is 0 Å². The van der Waals surface area contributed by atoms with E-state index in [-0.39, 0.29) is 0 Å². The Morgan fingerprint density at radius 1 is 1.31 bits per heavy atom. The molecule has 0 aromatic carbocycles. The molecule has 3 unspecified atom stereocenters. The zero-order chi connectivity index (χ0) is 9.47. The van der Waals surface area contributed by atoms with Crippen molar-refractivity contribution in [1.82, 2.24) is 5.32 Å². The first-order chi connectivity index (χ1) is 6.16. The average Bonchev–Trinajstić information content (AvgIpc) is 2.60. The van der Waals surface area contributed by atoms with Crippen molar-refractivity contribution in [3.05, 3.63) is 0 Å². The van der Waals surface area contributed by atoms with Gasteiger partial charge < -0.3 is 5.32 Å². The third-order valence-corrected chi connectivity index (χ3v) is 4.41. The molecule has 0 aliphatic heterocycles. The molecule has 2 bridgehead atoms. The Hall–Kier alpha value is -0.0400. The van der Waals surface area contributed by atoms with Crippen molar-refractivity contribution in [3.8, 4) is 0 Å². The van der Waals surface area contributed by atoms with E-state index in [2.05, 4.69) is 26.1 Å². The maximum atomic E-state index is 3.75. The average molecular weight is 181 g/mol. The molecule has 0 spiro atoms. The molecule has 3 atom stereocenters. The molecule has 2 aliphatic carbocycles. The van der Waals surface area contributed by atoms with Crippen LogP contribution in [-0.2, 0) is 0 Å². The summed E-state index contributed by atoms with van der Waals surface area (Å²) in [6.07, 6.45) is 5.73. The van der Waals surface area contributed by atoms with E-state index in [0.717, 1.165) is 17.9 Å². The van der Waals surface area contributed by atoms with Crippen LogP contribution >= 0.6 is 0 Å². The second kappa shape index (κ2) is 3.27. The summed E-state index contributed by atoms with van der Waals surface area (Å²) < 4.78 is 0. The minimum Gasteiger partial charge on any atom is -0.313 e. The molecule has 2 aliphatic rings. The van der Waals surface area contributed by atoms with Crippen LogP contribution in [0.2, 0.25) is 0 Å². The molecule has 0 amide bonds. The van der Waals surface area contributed by atoms with Gasteiger partial charge in [0, 0.05) is 6.04 Å². The van der Waals surface area contributed by atoms with Crippen LogP contribution in [0.15, 0.2) is 0 Å². The van der Waals surface area contributed by atoms with Crippen molar-refractivity contribution in [3.63, 3.8) is 0 Å². The van der Waals surface area contributed by atoms with Crippen LogP contribution in [0.5, 0.6) is 0 Å². The monoisotopic (exact) mass is 181 g/mol. The van der Waals surface area contributed by atoms with E-state index >= 15 is 0 Å². The van der Waals surface area contributed by atoms with Crippen molar-refractivity contribution in [2.45, 2.75) is 52.5 Å². The summed E-state index contributed by atoms with van der Waals surface area (Å²) in [4.78, 5) is 0. The second-order valence-corrected chi connectivity index (χ2v) is 5.52. The predicted octanol–water partition coefficient (Wildman–Crippen LogP) is 2.81. The zero-order valence-corrected chi connectivity index (χ0v) is 9.27. The van der Waals surface area contributed by atoms with Gasteiger partial charge in [0.15, 0.2) is 0 Å². The Morgan fingerprint density at radius 3 is 2.62 bits per heavy atom. The van der Waals surface area contributed by atoms with Gasteiger partial charge in [-0.25, -0.2) is 0 Å². The molecule has 1 nitrogen and oxygen atoms in total. The minimum atomic E-state index is 0.568. The van der Waals surface area contributed by atoms with Crippen molar-refractivity contribution in [2.24, 2.45) is 17.3 Å². The van der Waals surface area contributed by atoms with E-state index < -0.39 is 0 Å². The Labute approximate surface area is 82.3 Å². The molecule has 13 heavy (non-hydrogen) atoms. The normalized spacial score (nSPS) is 41.3. The Kier molecular flexibility index (Phi) is 2.39. The Bertz CT molecular complexity index is 186. The smallest absolute Gasteiger partial charge is 0.0149 e. The van der Waals surface area contributed by atoms with E-state index in [1.54, 1.807) is 0 Å². The quantitative estimate of drug-likeness (QED) is 0.706. The van der Waals surface area contributed by atoms with Gasteiger partial charge in [0.05, 0.1) is 0 Å². The fourth-order valence-electron chi connectivity index (χ4n) is 3.59. The summed E-state index contributed by atoms with van der Waals surface area (Å²) in [5.41, 5.74) is 0.568. The van der Waals surface area contributed by atoms with Crippen LogP contribution in [0.25, 0.3) is 0 Å². The predicted molar refractivity (Wildman–Crippen MR) is 56.7 cm³/mol. The Balaban J connectivity index is 2.01. The molecule has 1 N–H and O–H groups in total. The Morgan fingerprint density at radius 2 is 2.08 bits per heavy atom. The lowest BCUT2D eigenvalue weighted by molar-refractivity contribution is 0.152. The third-order valence-electron chi connectivity index (χ3n) is 4.41. The molecule has 2 fully saturated rings. The zero-order valence-electron chi connectivity index (χ0n) is 9.27. The summed E-state index contributed by atoms with van der Waals surface area (Å²) in [6, 6.07) is 0.811. The van der Waals surface area contributed by atoms with Crippen LogP contribution in [-0.4, -0.2) is 12.6 Å². The van der Waals surface area contributed by atoms with Crippen LogP contribution in [0, 0.1) is 17.3 Å². The molecule has 0 saturated heterocycles. The SMILES string of the molecule is CCCNC1C2CCC(C2)C1(C)C. The molecular formula is C12H23N. The van der Waals surface area contributed by atoms with E-state index in [1.807, 2.05) is 0 Å². The molecule has 2 rings (SSSR count). The lowest BCUT2D eigenvalue weighted by atomic mass is 9.73. The fraction of sp³-hybridized carbons (Fsp3) is 1.00. The highest BCUT2D eigenvalue weighted by atomic mass is 15.0. The fourth-order valence-corrected chi connectivity index (χ4v) is 3.59. The van der Waals surface area contributed by atoms with Crippen LogP contribution in [0.1, 0.15) is 46.5 Å². The summed E-state index contributed by atoms with van der Waals surface area (Å²) in [6.45, 7) is 8.39. The molecule has 0 heterocycles. The van der Waals surface area contributed by atoms with Crippen molar-refractivity contribution in [2.75, 3.05) is 6.54 Å². The highest BCUT2D eigenvalue weighted by Gasteiger charge is 2.52. The van der Waals surface area contributed by atoms with Crippen molar-refractivity contribution >= 4 is 0 Å². The van der Waals surface area contributed by atoms with Crippen molar-refractivity contribution < 1.29 is 0 Å². The molecular weight excluding hydrogens is 158 g/mol. The lowest BCUT2D eigenvalue weighted by Crippen LogP contribution is -2.46. The van der Waals surface area contributed by atoms with E-state index in [4.69, 9.17) is 0 Å². The first-order valence-corrected chi connectivity index (χ1v) is 5.89. The van der Waals surface area contributed by atoms with Crippen LogP contribution < -0.4 is 5.32 Å². The van der Waals surface area contributed by atoms with Gasteiger partial charge in [-0.05, 0) is 49.5 Å². The number of rotatable bonds is 3. The molecule has 0 radical (unpaired) electrons. The van der Waals surface area contributed by atoms with E-state index in [9.17, 15) is 0 Å². The highest BCUT2D eigenvalue weighted by Crippen LogP contribution is 2.55. The highest BCUT2D eigenvalue weighted by molar-refractivity contribution is 5.05. The second-order valence-electron chi connectivity index (χ2n) is 5.52. The summed E-state index contributed by atoms with van der Waals surface area (Å²) in [7, 11) is 0. The van der Waals surface area contributed by atoms with Gasteiger partial charge in [-0.15, -0.1) is 0 Å². The van der Waals surface area contributed by atoms with Crippen LogP contribution in [0.3, 0.4) is 0 Å². The van der Waals surface area contributed by atoms with Gasteiger partial charge in [-0.1, -0.05) is 20.8 Å². The number of hydrogen-bond acceptors (Lipinski definition) is 1. The van der Waals surface area contributed by atoms with Gasteiger partial charge in [0.25, 0.3) is 0 Å². The number of nitrogens with one attached hydrogen (secondary N) is 1. The molecule has 0 aromatic rings. The van der Waals surface area contributed by atoms with Gasteiger partial charge in [0.2, 0.25) is 0 Å². The third kappa shape index (κ3) is 1.41. The van der Waals surface area contributed by atoms with Crippen LogP contribution in [0.4, 0.5) is 0 Å². The molecule has 1 heteroatoms. The largest absolute Gasteiger partial charge is 0.313 e. The van der Waals surface area contributed by atoms with Crippen molar-refractivity contribution in [1.29, 1.82) is 0 Å². The summed E-state index contributed by atoms with van der Waals surface area (Å²) in [5, 5.41) is 3.75. The molecule has 0 aromatic heterocycles. The molecule has 2 saturated carbocycles. The lowest BCUT2D eigenvalue weighted by Gasteiger charge is -2.38. The summed E-state index contributed by atoms with van der Waals surface area (Å²) >= 11 is 0. The maximum Gasteiger partial charge on any atom is 0.0149 e. The standard InChI is InChI=1S/C12H23N/c1-4-7-13-11-9-5-6-10(8-9)12(11,2)3/h9-11,13H,4-8H2,1-3H3. The molecule has 76 valence electrons. The van der Waals surface area contributed by atoms with E-state index in [0.29, 0.717) is 5.41 Å². The number of fused-ring (bicyclic) bond motifs is 2. The van der Waals surface area contributed by atoms with Gasteiger partial charge >= 0.3 is 0 Å². The first-order valence-electron chi connectivity index (χ1n) is 5.89. The topological polar surface area (TPSA) is 12.0 Å². The summed E-state index contributed by atoms with van der Waals surface area (Å²) in [5.74, 6) is 2.00. The van der Waals surface area contributed by atoms with Gasteiger partial charge in [-0.2, -0.15) is 0 Å².